The lowest BCUT2D eigenvalue weighted by molar-refractivity contribution is 0.231. The third kappa shape index (κ3) is 3.42. The van der Waals surface area contributed by atoms with Gasteiger partial charge in [0, 0.05) is 31.7 Å². The van der Waals surface area contributed by atoms with Gasteiger partial charge in [0.05, 0.1) is 0 Å². The molecule has 1 aromatic heterocycles. The Hall–Kier alpha value is -1.41. The number of carbonyl (C=O) groups is 1. The average Bonchev–Trinajstić information content (AvgIpc) is 3.27. The summed E-state index contributed by atoms with van der Waals surface area (Å²) >= 11 is 1.47. The van der Waals surface area contributed by atoms with E-state index in [-0.39, 0.29) is 6.03 Å². The summed E-state index contributed by atoms with van der Waals surface area (Å²) in [4.78, 5) is 16.9. The van der Waals surface area contributed by atoms with Crippen LogP contribution < -0.4 is 15.5 Å². The summed E-state index contributed by atoms with van der Waals surface area (Å²) in [6.45, 7) is 4.38. The molecule has 1 saturated carbocycles. The molecule has 0 radical (unpaired) electrons. The Morgan fingerprint density at radius 3 is 2.83 bits per heavy atom. The Kier molecular flexibility index (Phi) is 4.35. The van der Waals surface area contributed by atoms with E-state index < -0.39 is 0 Å². The van der Waals surface area contributed by atoms with Crippen LogP contribution in [0, 0.1) is 0 Å². The maximum atomic E-state index is 12.0. The minimum absolute atomic E-state index is 0.153. The molecule has 2 N–H and O–H groups in total. The number of amides is 2. The maximum absolute atomic E-state index is 12.0. The molecule has 0 aromatic carbocycles. The number of urea groups is 1. The van der Waals surface area contributed by atoms with Crippen LogP contribution >= 0.6 is 11.3 Å². The van der Waals surface area contributed by atoms with Crippen LogP contribution in [0.4, 0.5) is 15.1 Å². The number of hydrogen-bond acceptors (Lipinski definition) is 6. The molecule has 1 aromatic rings. The van der Waals surface area contributed by atoms with Gasteiger partial charge in [-0.15, -0.1) is 10.2 Å². The first-order chi connectivity index (χ1) is 11.3. The summed E-state index contributed by atoms with van der Waals surface area (Å²) < 4.78 is 0. The molecule has 3 aliphatic rings. The molecule has 23 heavy (non-hydrogen) atoms. The highest BCUT2D eigenvalue weighted by atomic mass is 32.1. The van der Waals surface area contributed by atoms with E-state index in [4.69, 9.17) is 0 Å². The van der Waals surface area contributed by atoms with E-state index in [1.807, 2.05) is 0 Å². The molecule has 0 spiro atoms. The van der Waals surface area contributed by atoms with Gasteiger partial charge in [0.25, 0.3) is 0 Å². The van der Waals surface area contributed by atoms with Crippen molar-refractivity contribution in [1.29, 1.82) is 0 Å². The second kappa shape index (κ2) is 6.60. The summed E-state index contributed by atoms with van der Waals surface area (Å²) in [5.41, 5.74) is 0. The summed E-state index contributed by atoms with van der Waals surface area (Å²) in [6.07, 6.45) is 7.18. The molecule has 7 nitrogen and oxygen atoms in total. The van der Waals surface area contributed by atoms with Crippen molar-refractivity contribution in [2.45, 2.75) is 50.6 Å². The van der Waals surface area contributed by atoms with Gasteiger partial charge in [0.1, 0.15) is 0 Å². The van der Waals surface area contributed by atoms with Gasteiger partial charge >= 0.3 is 6.03 Å². The lowest BCUT2D eigenvalue weighted by Gasteiger charge is -2.37. The smallest absolute Gasteiger partial charge is 0.321 e. The number of anilines is 2. The molecule has 3 fully saturated rings. The second-order valence-corrected chi connectivity index (χ2v) is 7.70. The highest BCUT2D eigenvalue weighted by Gasteiger charge is 2.31. The number of nitrogens with zero attached hydrogens (tertiary/aromatic N) is 4. The molecular formula is C15H24N6OS. The number of nitrogens with one attached hydrogen (secondary N) is 2. The van der Waals surface area contributed by atoms with Crippen LogP contribution in [0.3, 0.4) is 0 Å². The molecule has 1 unspecified atom stereocenters. The van der Waals surface area contributed by atoms with Crippen LogP contribution in [0.1, 0.15) is 38.5 Å². The van der Waals surface area contributed by atoms with Crippen molar-refractivity contribution in [3.05, 3.63) is 0 Å². The zero-order valence-corrected chi connectivity index (χ0v) is 14.1. The van der Waals surface area contributed by atoms with Crippen LogP contribution in [0.25, 0.3) is 0 Å². The van der Waals surface area contributed by atoms with Gasteiger partial charge < -0.3 is 10.2 Å². The van der Waals surface area contributed by atoms with Gasteiger partial charge in [-0.05, 0) is 32.2 Å². The number of fused-ring (bicyclic) bond motifs is 1. The fourth-order valence-corrected chi connectivity index (χ4v) is 4.72. The van der Waals surface area contributed by atoms with E-state index in [0.29, 0.717) is 17.2 Å². The maximum Gasteiger partial charge on any atom is 0.321 e. The lowest BCUT2D eigenvalue weighted by atomic mass is 10.2. The van der Waals surface area contributed by atoms with E-state index in [0.717, 1.165) is 37.6 Å². The summed E-state index contributed by atoms with van der Waals surface area (Å²) in [7, 11) is 0. The zero-order chi connectivity index (χ0) is 15.6. The molecular weight excluding hydrogens is 312 g/mol. The fraction of sp³-hybridized carbons (Fsp3) is 0.800. The molecule has 2 aliphatic heterocycles. The predicted molar refractivity (Wildman–Crippen MR) is 91.1 cm³/mol. The van der Waals surface area contributed by atoms with Crippen molar-refractivity contribution in [1.82, 2.24) is 20.4 Å². The largest absolute Gasteiger partial charge is 0.344 e. The predicted octanol–water partition coefficient (Wildman–Crippen LogP) is 1.89. The third-order valence-electron chi connectivity index (χ3n) is 5.18. The van der Waals surface area contributed by atoms with Crippen molar-refractivity contribution >= 4 is 27.6 Å². The Morgan fingerprint density at radius 2 is 1.96 bits per heavy atom. The molecule has 2 saturated heterocycles. The zero-order valence-electron chi connectivity index (χ0n) is 13.3. The molecule has 0 bridgehead atoms. The number of rotatable bonds is 3. The van der Waals surface area contributed by atoms with Crippen LogP contribution in [-0.2, 0) is 0 Å². The van der Waals surface area contributed by atoms with Gasteiger partial charge in [0.2, 0.25) is 10.3 Å². The Balaban J connectivity index is 1.32. The van der Waals surface area contributed by atoms with Gasteiger partial charge in [-0.25, -0.2) is 4.79 Å². The third-order valence-corrected chi connectivity index (χ3v) is 6.08. The first-order valence-corrected chi connectivity index (χ1v) is 9.49. The van der Waals surface area contributed by atoms with E-state index in [1.165, 1.54) is 43.6 Å². The normalized spacial score (nSPS) is 25.6. The van der Waals surface area contributed by atoms with Crippen molar-refractivity contribution in [2.75, 3.05) is 36.4 Å². The molecule has 126 valence electrons. The fourth-order valence-electron chi connectivity index (χ4n) is 3.95. The molecule has 3 heterocycles. The monoisotopic (exact) mass is 336 g/mol. The van der Waals surface area contributed by atoms with E-state index in [2.05, 4.69) is 30.6 Å². The van der Waals surface area contributed by atoms with Crippen molar-refractivity contribution < 1.29 is 4.79 Å². The lowest BCUT2D eigenvalue weighted by Crippen LogP contribution is -2.50. The minimum Gasteiger partial charge on any atom is -0.344 e. The standard InChI is InChI=1S/C15H24N6OS/c22-13(16-11-4-1-2-5-11)17-14-18-19-15(23-14)21-9-8-20-7-3-6-12(20)10-21/h11-12H,1-10H2,(H2,16,17,18,22). The van der Waals surface area contributed by atoms with Crippen molar-refractivity contribution in [3.63, 3.8) is 0 Å². The molecule has 1 aliphatic carbocycles. The number of aromatic nitrogens is 2. The summed E-state index contributed by atoms with van der Waals surface area (Å²) in [5.74, 6) is 0. The van der Waals surface area contributed by atoms with E-state index in [9.17, 15) is 4.79 Å². The molecule has 4 rings (SSSR count). The topological polar surface area (TPSA) is 73.4 Å². The van der Waals surface area contributed by atoms with Gasteiger partial charge in [-0.2, -0.15) is 0 Å². The Morgan fingerprint density at radius 1 is 1.09 bits per heavy atom. The highest BCUT2D eigenvalue weighted by molar-refractivity contribution is 7.19. The number of piperazine rings is 1. The van der Waals surface area contributed by atoms with Gasteiger partial charge in [0.15, 0.2) is 0 Å². The second-order valence-electron chi connectivity index (χ2n) is 6.75. The highest BCUT2D eigenvalue weighted by Crippen LogP contribution is 2.29. The van der Waals surface area contributed by atoms with Crippen molar-refractivity contribution in [3.8, 4) is 0 Å². The first-order valence-electron chi connectivity index (χ1n) is 8.68. The van der Waals surface area contributed by atoms with Crippen LogP contribution in [0.2, 0.25) is 0 Å². The first kappa shape index (κ1) is 15.1. The van der Waals surface area contributed by atoms with E-state index in [1.54, 1.807) is 0 Å². The number of carbonyl (C=O) groups excluding carboxylic acids is 1. The average molecular weight is 336 g/mol. The minimum atomic E-state index is -0.153. The van der Waals surface area contributed by atoms with E-state index >= 15 is 0 Å². The summed E-state index contributed by atoms with van der Waals surface area (Å²) in [6, 6.07) is 0.827. The number of hydrogen-bond donors (Lipinski definition) is 2. The Bertz CT molecular complexity index is 558. The van der Waals surface area contributed by atoms with Gasteiger partial charge in [-0.3, -0.25) is 10.2 Å². The summed E-state index contributed by atoms with van der Waals surface area (Å²) in [5, 5.41) is 15.8. The molecule has 1 atom stereocenters. The van der Waals surface area contributed by atoms with Crippen molar-refractivity contribution in [2.24, 2.45) is 0 Å². The van der Waals surface area contributed by atoms with Crippen LogP contribution in [0.15, 0.2) is 0 Å². The SMILES string of the molecule is O=C(Nc1nnc(N2CCN3CCCC3C2)s1)NC1CCCC1. The Labute approximate surface area is 140 Å². The van der Waals surface area contributed by atoms with Crippen LogP contribution in [0.5, 0.6) is 0 Å². The molecule has 8 heteroatoms. The molecule has 2 amide bonds. The van der Waals surface area contributed by atoms with Gasteiger partial charge in [-0.1, -0.05) is 24.2 Å². The quantitative estimate of drug-likeness (QED) is 0.882. The van der Waals surface area contributed by atoms with Crippen LogP contribution in [-0.4, -0.2) is 59.4 Å².